The van der Waals surface area contributed by atoms with E-state index in [9.17, 15) is 5.11 Å². The van der Waals surface area contributed by atoms with Crippen LogP contribution in [-0.2, 0) is 6.42 Å². The highest BCUT2D eigenvalue weighted by Gasteiger charge is 2.03. The molecule has 0 radical (unpaired) electrons. The maximum absolute atomic E-state index is 9.32. The zero-order valence-electron chi connectivity index (χ0n) is 5.85. The largest absolute Gasteiger partial charge is 0.508 e. The average Bonchev–Trinajstić information content (AvgIpc) is 1.97. The van der Waals surface area contributed by atoms with Gasteiger partial charge in [-0.3, -0.25) is 0 Å². The van der Waals surface area contributed by atoms with Gasteiger partial charge >= 0.3 is 0 Å². The number of halogens is 2. The Morgan fingerprint density at radius 2 is 2.18 bits per heavy atom. The van der Waals surface area contributed by atoms with E-state index in [0.717, 1.165) is 17.3 Å². The lowest BCUT2D eigenvalue weighted by atomic mass is 10.1. The van der Waals surface area contributed by atoms with E-state index in [1.54, 1.807) is 18.2 Å². The molecular weight excluding hydrogens is 227 g/mol. The molecule has 1 aromatic carbocycles. The van der Waals surface area contributed by atoms with Crippen LogP contribution in [0.5, 0.6) is 5.75 Å². The Kier molecular flexibility index (Phi) is 3.21. The fourth-order valence-corrected chi connectivity index (χ4v) is 1.55. The predicted octanol–water partition coefficient (Wildman–Crippen LogP) is 2.98. The van der Waals surface area contributed by atoms with Gasteiger partial charge in [0, 0.05) is 15.9 Å². The van der Waals surface area contributed by atoms with Gasteiger partial charge in [-0.05, 0) is 18.6 Å². The Balaban J connectivity index is 3.00. The monoisotopic (exact) mass is 234 g/mol. The summed E-state index contributed by atoms with van der Waals surface area (Å²) in [5, 5.41) is 10.8. The third kappa shape index (κ3) is 2.11. The standard InChI is InChI=1S/C8H8BrClO/c9-5-4-6-7(10)2-1-3-8(6)11/h1-3,11H,4-5H2. The van der Waals surface area contributed by atoms with Crippen LogP contribution in [0, 0.1) is 0 Å². The molecule has 0 bridgehead atoms. The molecule has 1 aromatic rings. The lowest BCUT2D eigenvalue weighted by Gasteiger charge is -2.03. The molecule has 0 saturated heterocycles. The second-order valence-corrected chi connectivity index (χ2v) is 3.38. The second kappa shape index (κ2) is 3.98. The van der Waals surface area contributed by atoms with Gasteiger partial charge < -0.3 is 5.11 Å². The van der Waals surface area contributed by atoms with Crippen LogP contribution in [0.15, 0.2) is 18.2 Å². The van der Waals surface area contributed by atoms with E-state index in [1.165, 1.54) is 0 Å². The van der Waals surface area contributed by atoms with Gasteiger partial charge in [-0.15, -0.1) is 0 Å². The number of benzene rings is 1. The Bertz CT molecular complexity index is 230. The zero-order chi connectivity index (χ0) is 8.27. The molecular formula is C8H8BrClO. The molecule has 0 amide bonds. The van der Waals surface area contributed by atoms with Crippen LogP contribution in [0.2, 0.25) is 5.02 Å². The third-order valence-electron chi connectivity index (χ3n) is 1.44. The topological polar surface area (TPSA) is 20.2 Å². The van der Waals surface area contributed by atoms with Gasteiger partial charge in [0.2, 0.25) is 0 Å². The molecule has 0 saturated carbocycles. The molecule has 0 unspecified atom stereocenters. The predicted molar refractivity (Wildman–Crippen MR) is 50.6 cm³/mol. The smallest absolute Gasteiger partial charge is 0.120 e. The number of rotatable bonds is 2. The quantitative estimate of drug-likeness (QED) is 0.782. The van der Waals surface area contributed by atoms with E-state index in [0.29, 0.717) is 5.02 Å². The van der Waals surface area contributed by atoms with Crippen molar-refractivity contribution in [3.05, 3.63) is 28.8 Å². The summed E-state index contributed by atoms with van der Waals surface area (Å²) in [4.78, 5) is 0. The molecule has 1 N–H and O–H groups in total. The molecule has 0 fully saturated rings. The van der Waals surface area contributed by atoms with Crippen molar-refractivity contribution in [1.29, 1.82) is 0 Å². The summed E-state index contributed by atoms with van der Waals surface area (Å²) >= 11 is 9.11. The summed E-state index contributed by atoms with van der Waals surface area (Å²) in [7, 11) is 0. The highest BCUT2D eigenvalue weighted by atomic mass is 79.9. The maximum atomic E-state index is 9.32. The Labute approximate surface area is 79.1 Å². The van der Waals surface area contributed by atoms with Crippen molar-refractivity contribution < 1.29 is 5.11 Å². The Hall–Kier alpha value is -0.210. The van der Waals surface area contributed by atoms with Crippen molar-refractivity contribution in [2.24, 2.45) is 0 Å². The van der Waals surface area contributed by atoms with Gasteiger partial charge in [0.05, 0.1) is 0 Å². The summed E-state index contributed by atoms with van der Waals surface area (Å²) in [6.07, 6.45) is 0.755. The fraction of sp³-hybridized carbons (Fsp3) is 0.250. The van der Waals surface area contributed by atoms with E-state index >= 15 is 0 Å². The summed E-state index contributed by atoms with van der Waals surface area (Å²) in [5.41, 5.74) is 0.811. The van der Waals surface area contributed by atoms with Crippen LogP contribution in [-0.4, -0.2) is 10.4 Å². The lowest BCUT2D eigenvalue weighted by Crippen LogP contribution is -1.87. The van der Waals surface area contributed by atoms with E-state index in [1.807, 2.05) is 0 Å². The van der Waals surface area contributed by atoms with Gasteiger partial charge in [-0.2, -0.15) is 0 Å². The molecule has 0 atom stereocenters. The summed E-state index contributed by atoms with van der Waals surface area (Å²) in [5.74, 6) is 0.275. The van der Waals surface area contributed by atoms with Crippen LogP contribution < -0.4 is 0 Å². The van der Waals surface area contributed by atoms with Crippen molar-refractivity contribution in [3.8, 4) is 5.75 Å². The molecule has 3 heteroatoms. The van der Waals surface area contributed by atoms with Gasteiger partial charge in [0.25, 0.3) is 0 Å². The molecule has 1 nitrogen and oxygen atoms in total. The minimum Gasteiger partial charge on any atom is -0.508 e. The number of hydrogen-bond acceptors (Lipinski definition) is 1. The molecule has 0 aliphatic carbocycles. The number of phenolic OH excluding ortho intramolecular Hbond substituents is 1. The van der Waals surface area contributed by atoms with Crippen molar-refractivity contribution >= 4 is 27.5 Å². The SMILES string of the molecule is Oc1cccc(Cl)c1CCBr. The summed E-state index contributed by atoms with van der Waals surface area (Å²) < 4.78 is 0. The van der Waals surface area contributed by atoms with E-state index in [-0.39, 0.29) is 5.75 Å². The normalized spacial score (nSPS) is 10.0. The molecule has 0 aliphatic heterocycles. The van der Waals surface area contributed by atoms with Crippen LogP contribution in [0.3, 0.4) is 0 Å². The fourth-order valence-electron chi connectivity index (χ4n) is 0.889. The van der Waals surface area contributed by atoms with E-state index in [4.69, 9.17) is 11.6 Å². The lowest BCUT2D eigenvalue weighted by molar-refractivity contribution is 0.469. The molecule has 0 aliphatic rings. The molecule has 60 valence electrons. The molecule has 0 heterocycles. The highest BCUT2D eigenvalue weighted by Crippen LogP contribution is 2.25. The Morgan fingerprint density at radius 1 is 1.45 bits per heavy atom. The first-order valence-electron chi connectivity index (χ1n) is 3.28. The Morgan fingerprint density at radius 3 is 2.73 bits per heavy atom. The first-order valence-corrected chi connectivity index (χ1v) is 4.78. The molecule has 0 spiro atoms. The van der Waals surface area contributed by atoms with Crippen molar-refractivity contribution in [2.75, 3.05) is 5.33 Å². The zero-order valence-corrected chi connectivity index (χ0v) is 8.19. The number of hydrogen-bond donors (Lipinski definition) is 1. The van der Waals surface area contributed by atoms with Crippen LogP contribution in [0.1, 0.15) is 5.56 Å². The third-order valence-corrected chi connectivity index (χ3v) is 2.19. The minimum atomic E-state index is 0.275. The summed E-state index contributed by atoms with van der Waals surface area (Å²) in [6.45, 7) is 0. The number of phenols is 1. The van der Waals surface area contributed by atoms with Crippen LogP contribution >= 0.6 is 27.5 Å². The van der Waals surface area contributed by atoms with Crippen molar-refractivity contribution in [3.63, 3.8) is 0 Å². The summed E-state index contributed by atoms with van der Waals surface area (Å²) in [6, 6.07) is 5.15. The maximum Gasteiger partial charge on any atom is 0.120 e. The van der Waals surface area contributed by atoms with Gasteiger partial charge in [-0.25, -0.2) is 0 Å². The molecule has 11 heavy (non-hydrogen) atoms. The first-order chi connectivity index (χ1) is 5.25. The average molecular weight is 236 g/mol. The van der Waals surface area contributed by atoms with Gasteiger partial charge in [0.15, 0.2) is 0 Å². The van der Waals surface area contributed by atoms with Gasteiger partial charge in [-0.1, -0.05) is 33.6 Å². The van der Waals surface area contributed by atoms with E-state index < -0.39 is 0 Å². The van der Waals surface area contributed by atoms with Crippen molar-refractivity contribution in [2.45, 2.75) is 6.42 Å². The molecule has 1 rings (SSSR count). The number of aromatic hydroxyl groups is 1. The van der Waals surface area contributed by atoms with Gasteiger partial charge in [0.1, 0.15) is 5.75 Å². The van der Waals surface area contributed by atoms with E-state index in [2.05, 4.69) is 15.9 Å². The number of alkyl halides is 1. The van der Waals surface area contributed by atoms with Crippen LogP contribution in [0.4, 0.5) is 0 Å². The first kappa shape index (κ1) is 8.88. The molecule has 0 aromatic heterocycles. The highest BCUT2D eigenvalue weighted by molar-refractivity contribution is 9.09. The van der Waals surface area contributed by atoms with Crippen molar-refractivity contribution in [1.82, 2.24) is 0 Å². The van der Waals surface area contributed by atoms with Crippen LogP contribution in [0.25, 0.3) is 0 Å². The minimum absolute atomic E-state index is 0.275. The second-order valence-electron chi connectivity index (χ2n) is 2.18.